The molecule has 0 radical (unpaired) electrons. The lowest BCUT2D eigenvalue weighted by Gasteiger charge is -2.39. The highest BCUT2D eigenvalue weighted by Gasteiger charge is 2.42. The van der Waals surface area contributed by atoms with Gasteiger partial charge in [0.2, 0.25) is 5.91 Å². The quantitative estimate of drug-likeness (QED) is 0.886. The van der Waals surface area contributed by atoms with E-state index in [9.17, 15) is 4.79 Å². The van der Waals surface area contributed by atoms with E-state index >= 15 is 0 Å². The van der Waals surface area contributed by atoms with E-state index in [4.69, 9.17) is 0 Å². The van der Waals surface area contributed by atoms with Crippen LogP contribution in [0.4, 0.5) is 0 Å². The molecule has 1 aromatic carbocycles. The van der Waals surface area contributed by atoms with Crippen LogP contribution in [0.2, 0.25) is 0 Å². The number of carbonyl (C=O) groups excluding carboxylic acids is 1. The van der Waals surface area contributed by atoms with Crippen LogP contribution in [0.25, 0.3) is 0 Å². The molecule has 1 amide bonds. The maximum atomic E-state index is 13.0. The Kier molecular flexibility index (Phi) is 4.48. The molecule has 0 aliphatic carbocycles. The zero-order chi connectivity index (χ0) is 14.6. The van der Waals surface area contributed by atoms with Crippen LogP contribution in [0.1, 0.15) is 45.6 Å². The van der Waals surface area contributed by atoms with Crippen molar-refractivity contribution in [2.24, 2.45) is 0 Å². The second-order valence-electron chi connectivity index (χ2n) is 6.39. The Morgan fingerprint density at radius 1 is 1.25 bits per heavy atom. The average Bonchev–Trinajstić information content (AvgIpc) is 2.48. The molecule has 2 N–H and O–H groups in total. The van der Waals surface area contributed by atoms with Crippen LogP contribution in [-0.4, -0.2) is 24.5 Å². The molecule has 0 unspecified atom stereocenters. The number of nitrogens with one attached hydrogen (secondary N) is 2. The highest BCUT2D eigenvalue weighted by molar-refractivity contribution is 5.89. The molecule has 1 aliphatic heterocycles. The lowest BCUT2D eigenvalue weighted by Crippen LogP contribution is -2.55. The van der Waals surface area contributed by atoms with Crippen molar-refractivity contribution in [2.75, 3.05) is 13.1 Å². The number of benzene rings is 1. The van der Waals surface area contributed by atoms with Gasteiger partial charge in [0.05, 0.1) is 5.41 Å². The number of rotatable bonds is 4. The predicted octanol–water partition coefficient (Wildman–Crippen LogP) is 2.61. The number of hydrogen-bond acceptors (Lipinski definition) is 2. The summed E-state index contributed by atoms with van der Waals surface area (Å²) >= 11 is 0. The standard InChI is InChI=1S/C17H26N2O/c1-4-16(2,3)19-15(20)17(10-12-18-13-11-17)14-8-6-5-7-9-14/h5-9,18H,4,10-13H2,1-3H3,(H,19,20). The van der Waals surface area contributed by atoms with Gasteiger partial charge < -0.3 is 10.6 Å². The van der Waals surface area contributed by atoms with E-state index in [0.29, 0.717) is 0 Å². The molecule has 0 bridgehead atoms. The number of hydrogen-bond donors (Lipinski definition) is 2. The lowest BCUT2D eigenvalue weighted by atomic mass is 9.72. The van der Waals surface area contributed by atoms with Crippen LogP contribution < -0.4 is 10.6 Å². The van der Waals surface area contributed by atoms with Crippen molar-refractivity contribution >= 4 is 5.91 Å². The fourth-order valence-electron chi connectivity index (χ4n) is 2.77. The van der Waals surface area contributed by atoms with Gasteiger partial charge in [-0.05, 0) is 51.8 Å². The van der Waals surface area contributed by atoms with E-state index in [1.54, 1.807) is 0 Å². The second-order valence-corrected chi connectivity index (χ2v) is 6.39. The molecular weight excluding hydrogens is 248 g/mol. The Bertz CT molecular complexity index is 447. The summed E-state index contributed by atoms with van der Waals surface area (Å²) in [5, 5.41) is 6.61. The monoisotopic (exact) mass is 274 g/mol. The van der Waals surface area contributed by atoms with Crippen LogP contribution in [0.5, 0.6) is 0 Å². The predicted molar refractivity (Wildman–Crippen MR) is 82.7 cm³/mol. The Labute approximate surface area is 122 Å². The summed E-state index contributed by atoms with van der Waals surface area (Å²) in [5.74, 6) is 0.178. The molecule has 0 aromatic heterocycles. The Hall–Kier alpha value is -1.35. The van der Waals surface area contributed by atoms with E-state index in [1.165, 1.54) is 0 Å². The maximum Gasteiger partial charge on any atom is 0.231 e. The Balaban J connectivity index is 2.30. The highest BCUT2D eigenvalue weighted by atomic mass is 16.2. The summed E-state index contributed by atoms with van der Waals surface area (Å²) in [6.07, 6.45) is 2.66. The van der Waals surface area contributed by atoms with Crippen molar-refractivity contribution in [1.82, 2.24) is 10.6 Å². The molecular formula is C17H26N2O. The van der Waals surface area contributed by atoms with Gasteiger partial charge in [-0.1, -0.05) is 37.3 Å². The van der Waals surface area contributed by atoms with Gasteiger partial charge in [-0.15, -0.1) is 0 Å². The average molecular weight is 274 g/mol. The van der Waals surface area contributed by atoms with Crippen LogP contribution in [0.3, 0.4) is 0 Å². The molecule has 1 aliphatic rings. The molecule has 0 saturated carbocycles. The van der Waals surface area contributed by atoms with Crippen molar-refractivity contribution in [2.45, 2.75) is 51.0 Å². The minimum absolute atomic E-state index is 0.149. The fraction of sp³-hybridized carbons (Fsp3) is 0.588. The normalized spacial score (nSPS) is 18.6. The summed E-state index contributed by atoms with van der Waals surface area (Å²) in [5.41, 5.74) is 0.619. The molecule has 3 nitrogen and oxygen atoms in total. The number of carbonyl (C=O) groups is 1. The fourth-order valence-corrected chi connectivity index (χ4v) is 2.77. The molecule has 1 saturated heterocycles. The Morgan fingerprint density at radius 2 is 1.85 bits per heavy atom. The summed E-state index contributed by atoms with van der Waals surface area (Å²) < 4.78 is 0. The van der Waals surface area contributed by atoms with Crippen molar-refractivity contribution in [1.29, 1.82) is 0 Å². The van der Waals surface area contributed by atoms with Gasteiger partial charge in [0.25, 0.3) is 0 Å². The van der Waals surface area contributed by atoms with Crippen molar-refractivity contribution < 1.29 is 4.79 Å². The molecule has 20 heavy (non-hydrogen) atoms. The molecule has 0 spiro atoms. The van der Waals surface area contributed by atoms with Crippen molar-refractivity contribution in [3.05, 3.63) is 35.9 Å². The first-order valence-electron chi connectivity index (χ1n) is 7.59. The molecule has 1 fully saturated rings. The number of piperidine rings is 1. The summed E-state index contributed by atoms with van der Waals surface area (Å²) in [6.45, 7) is 8.08. The maximum absolute atomic E-state index is 13.0. The largest absolute Gasteiger partial charge is 0.350 e. The SMILES string of the molecule is CCC(C)(C)NC(=O)C1(c2ccccc2)CCNCC1. The zero-order valence-corrected chi connectivity index (χ0v) is 12.8. The van der Waals surface area contributed by atoms with Gasteiger partial charge >= 0.3 is 0 Å². The van der Waals surface area contributed by atoms with E-state index in [2.05, 4.69) is 43.5 Å². The summed E-state index contributed by atoms with van der Waals surface area (Å²) in [6, 6.07) is 10.2. The van der Waals surface area contributed by atoms with E-state index < -0.39 is 0 Å². The van der Waals surface area contributed by atoms with Crippen LogP contribution in [0.15, 0.2) is 30.3 Å². The van der Waals surface area contributed by atoms with E-state index in [-0.39, 0.29) is 16.9 Å². The third-order valence-electron chi connectivity index (χ3n) is 4.55. The molecule has 0 atom stereocenters. The third-order valence-corrected chi connectivity index (χ3v) is 4.55. The first kappa shape index (κ1) is 15.0. The lowest BCUT2D eigenvalue weighted by molar-refractivity contribution is -0.129. The van der Waals surface area contributed by atoms with Gasteiger partial charge in [0.1, 0.15) is 0 Å². The van der Waals surface area contributed by atoms with Crippen molar-refractivity contribution in [3.63, 3.8) is 0 Å². The minimum atomic E-state index is -0.376. The summed E-state index contributed by atoms with van der Waals surface area (Å²) in [4.78, 5) is 13.0. The number of amides is 1. The first-order valence-corrected chi connectivity index (χ1v) is 7.59. The minimum Gasteiger partial charge on any atom is -0.350 e. The molecule has 2 rings (SSSR count). The molecule has 3 heteroatoms. The van der Waals surface area contributed by atoms with Crippen LogP contribution >= 0.6 is 0 Å². The van der Waals surface area contributed by atoms with Crippen LogP contribution in [0, 0.1) is 0 Å². The summed E-state index contributed by atoms with van der Waals surface area (Å²) in [7, 11) is 0. The van der Waals surface area contributed by atoms with Gasteiger partial charge in [0, 0.05) is 5.54 Å². The zero-order valence-electron chi connectivity index (χ0n) is 12.8. The van der Waals surface area contributed by atoms with Crippen molar-refractivity contribution in [3.8, 4) is 0 Å². The first-order chi connectivity index (χ1) is 9.50. The van der Waals surface area contributed by atoms with Gasteiger partial charge in [-0.2, -0.15) is 0 Å². The Morgan fingerprint density at radius 3 is 2.40 bits per heavy atom. The van der Waals surface area contributed by atoms with E-state index in [0.717, 1.165) is 37.9 Å². The van der Waals surface area contributed by atoms with Gasteiger partial charge in [0.15, 0.2) is 0 Å². The second kappa shape index (κ2) is 5.96. The molecule has 1 aromatic rings. The molecule has 110 valence electrons. The smallest absolute Gasteiger partial charge is 0.231 e. The topological polar surface area (TPSA) is 41.1 Å². The third kappa shape index (κ3) is 3.04. The van der Waals surface area contributed by atoms with Gasteiger partial charge in [-0.25, -0.2) is 0 Å². The van der Waals surface area contributed by atoms with E-state index in [1.807, 2.05) is 18.2 Å². The highest BCUT2D eigenvalue weighted by Crippen LogP contribution is 2.34. The molecule has 1 heterocycles. The van der Waals surface area contributed by atoms with Crippen LogP contribution in [-0.2, 0) is 10.2 Å². The van der Waals surface area contributed by atoms with Gasteiger partial charge in [-0.3, -0.25) is 4.79 Å².